The Hall–Kier alpha value is -3.90. The van der Waals surface area contributed by atoms with Gasteiger partial charge in [0.05, 0.1) is 5.56 Å². The van der Waals surface area contributed by atoms with Gasteiger partial charge in [-0.15, -0.1) is 0 Å². The summed E-state index contributed by atoms with van der Waals surface area (Å²) >= 11 is 0. The third-order valence-electron chi connectivity index (χ3n) is 7.18. The van der Waals surface area contributed by atoms with Crippen LogP contribution < -0.4 is 16.0 Å². The number of anilines is 1. The lowest BCUT2D eigenvalue weighted by Gasteiger charge is -2.22. The number of rotatable bonds is 8. The van der Waals surface area contributed by atoms with E-state index in [2.05, 4.69) is 16.0 Å². The van der Waals surface area contributed by atoms with E-state index in [1.807, 2.05) is 42.5 Å². The van der Waals surface area contributed by atoms with Crippen molar-refractivity contribution < 1.29 is 14.7 Å². The topological polar surface area (TPSA) is 90.5 Å². The molecule has 1 aliphatic carbocycles. The molecule has 2 amide bonds. The summed E-state index contributed by atoms with van der Waals surface area (Å²) in [5.41, 5.74) is 1.36. The van der Waals surface area contributed by atoms with E-state index in [9.17, 15) is 14.7 Å². The molecule has 0 atom stereocenters. The molecule has 5 rings (SSSR count). The standard InChI is InChI=1S/C31H33N3O3/c35-29-20-22-14-15-23(30(36)33-17-7-16-32-25-10-2-1-3-11-25)18-24(22)19-27(29)31(37)34-28-13-6-9-21-8-4-5-12-26(21)28/h4-6,8-9,12-15,18-20,25,32,35H,1-3,7,10-11,16-17H2,(H,33,36)(H,34,37). The van der Waals surface area contributed by atoms with E-state index >= 15 is 0 Å². The van der Waals surface area contributed by atoms with Gasteiger partial charge in [-0.05, 0) is 72.3 Å². The normalized spacial score (nSPS) is 14.1. The average Bonchev–Trinajstić information content (AvgIpc) is 2.93. The first-order chi connectivity index (χ1) is 18.1. The summed E-state index contributed by atoms with van der Waals surface area (Å²) in [4.78, 5) is 25.8. The van der Waals surface area contributed by atoms with Crippen LogP contribution in [0.15, 0.2) is 72.8 Å². The van der Waals surface area contributed by atoms with Crippen LogP contribution in [0.3, 0.4) is 0 Å². The van der Waals surface area contributed by atoms with Crippen molar-refractivity contribution in [1.29, 1.82) is 0 Å². The molecule has 1 fully saturated rings. The molecule has 0 bridgehead atoms. The lowest BCUT2D eigenvalue weighted by atomic mass is 9.95. The zero-order chi connectivity index (χ0) is 25.6. The summed E-state index contributed by atoms with van der Waals surface area (Å²) in [5, 5.41) is 23.5. The van der Waals surface area contributed by atoms with Gasteiger partial charge in [0.15, 0.2) is 0 Å². The van der Waals surface area contributed by atoms with Crippen molar-refractivity contribution in [2.24, 2.45) is 0 Å². The van der Waals surface area contributed by atoms with Crippen LogP contribution in [-0.2, 0) is 0 Å². The maximum atomic E-state index is 13.1. The third kappa shape index (κ3) is 5.92. The summed E-state index contributed by atoms with van der Waals surface area (Å²) < 4.78 is 0. The van der Waals surface area contributed by atoms with Crippen molar-refractivity contribution in [2.45, 2.75) is 44.6 Å². The number of amides is 2. The van der Waals surface area contributed by atoms with Crippen molar-refractivity contribution in [3.05, 3.63) is 83.9 Å². The molecule has 0 aromatic heterocycles. The molecule has 0 radical (unpaired) electrons. The van der Waals surface area contributed by atoms with E-state index < -0.39 is 5.91 Å². The molecule has 1 saturated carbocycles. The first kappa shape index (κ1) is 24.8. The fourth-order valence-corrected chi connectivity index (χ4v) is 5.14. The van der Waals surface area contributed by atoms with Crippen LogP contribution in [0, 0.1) is 0 Å². The number of nitrogens with one attached hydrogen (secondary N) is 3. The second-order valence-electron chi connectivity index (χ2n) is 9.81. The van der Waals surface area contributed by atoms with Gasteiger partial charge in [0.25, 0.3) is 11.8 Å². The number of phenolic OH excluding ortho intramolecular Hbond substituents is 1. The van der Waals surface area contributed by atoms with Crippen LogP contribution in [0.1, 0.15) is 59.2 Å². The lowest BCUT2D eigenvalue weighted by molar-refractivity contribution is 0.0952. The largest absolute Gasteiger partial charge is 0.507 e. The highest BCUT2D eigenvalue weighted by Gasteiger charge is 2.16. The Kier molecular flexibility index (Phi) is 7.66. The van der Waals surface area contributed by atoms with Crippen molar-refractivity contribution in [3.63, 3.8) is 0 Å². The van der Waals surface area contributed by atoms with Gasteiger partial charge in [-0.1, -0.05) is 61.7 Å². The fraction of sp³-hybridized carbons (Fsp3) is 0.290. The minimum absolute atomic E-state index is 0.104. The van der Waals surface area contributed by atoms with Crippen molar-refractivity contribution in [1.82, 2.24) is 10.6 Å². The Balaban J connectivity index is 1.24. The molecule has 4 N–H and O–H groups in total. The molecule has 0 saturated heterocycles. The van der Waals surface area contributed by atoms with Gasteiger partial charge >= 0.3 is 0 Å². The summed E-state index contributed by atoms with van der Waals surface area (Å²) in [6.45, 7) is 1.50. The van der Waals surface area contributed by atoms with Gasteiger partial charge in [-0.3, -0.25) is 9.59 Å². The van der Waals surface area contributed by atoms with Crippen LogP contribution in [0.5, 0.6) is 5.75 Å². The van der Waals surface area contributed by atoms with Crippen LogP contribution >= 0.6 is 0 Å². The summed E-state index contributed by atoms with van der Waals surface area (Å²) in [6, 6.07) is 22.6. The van der Waals surface area contributed by atoms with Crippen LogP contribution in [0.2, 0.25) is 0 Å². The van der Waals surface area contributed by atoms with E-state index in [0.29, 0.717) is 29.2 Å². The number of aromatic hydroxyl groups is 1. The highest BCUT2D eigenvalue weighted by atomic mass is 16.3. The maximum absolute atomic E-state index is 13.1. The molecule has 4 aromatic rings. The molecule has 4 aromatic carbocycles. The maximum Gasteiger partial charge on any atom is 0.259 e. The second-order valence-corrected chi connectivity index (χ2v) is 9.81. The number of benzene rings is 4. The molecule has 1 aliphatic rings. The predicted octanol–water partition coefficient (Wildman–Crippen LogP) is 5.99. The fourth-order valence-electron chi connectivity index (χ4n) is 5.14. The number of hydrogen-bond donors (Lipinski definition) is 4. The molecular formula is C31H33N3O3. The highest BCUT2D eigenvalue weighted by molar-refractivity contribution is 6.12. The minimum Gasteiger partial charge on any atom is -0.507 e. The molecule has 6 nitrogen and oxygen atoms in total. The summed E-state index contributed by atoms with van der Waals surface area (Å²) in [5.74, 6) is -0.654. The second kappa shape index (κ2) is 11.4. The molecule has 0 aliphatic heterocycles. The SMILES string of the molecule is O=C(NCCCNC1CCCCC1)c1ccc2cc(O)c(C(=O)Nc3cccc4ccccc34)cc2c1. The Morgan fingerprint density at radius 1 is 0.784 bits per heavy atom. The predicted molar refractivity (Wildman–Crippen MR) is 149 cm³/mol. The van der Waals surface area contributed by atoms with Gasteiger partial charge < -0.3 is 21.1 Å². The zero-order valence-corrected chi connectivity index (χ0v) is 20.9. The van der Waals surface area contributed by atoms with E-state index in [4.69, 9.17) is 0 Å². The molecular weight excluding hydrogens is 462 g/mol. The lowest BCUT2D eigenvalue weighted by Crippen LogP contribution is -2.34. The Labute approximate surface area is 217 Å². The number of phenols is 1. The van der Waals surface area contributed by atoms with Crippen LogP contribution in [0.25, 0.3) is 21.5 Å². The van der Waals surface area contributed by atoms with Crippen LogP contribution in [-0.4, -0.2) is 36.1 Å². The highest BCUT2D eigenvalue weighted by Crippen LogP contribution is 2.29. The van der Waals surface area contributed by atoms with E-state index in [1.54, 1.807) is 30.3 Å². The molecule has 190 valence electrons. The summed E-state index contributed by atoms with van der Waals surface area (Å²) in [7, 11) is 0. The Morgan fingerprint density at radius 2 is 1.59 bits per heavy atom. The zero-order valence-electron chi connectivity index (χ0n) is 20.9. The number of carbonyl (C=O) groups is 2. The third-order valence-corrected chi connectivity index (χ3v) is 7.18. The van der Waals surface area contributed by atoms with E-state index in [0.717, 1.165) is 29.1 Å². The number of fused-ring (bicyclic) bond motifs is 2. The molecule has 0 unspecified atom stereocenters. The Bertz CT molecular complexity index is 1420. The minimum atomic E-state index is -0.406. The van der Waals surface area contributed by atoms with E-state index in [1.165, 1.54) is 32.1 Å². The molecule has 6 heteroatoms. The molecule has 0 heterocycles. The van der Waals surface area contributed by atoms with Crippen molar-refractivity contribution in [3.8, 4) is 5.75 Å². The van der Waals surface area contributed by atoms with Crippen molar-refractivity contribution in [2.75, 3.05) is 18.4 Å². The van der Waals surface area contributed by atoms with Gasteiger partial charge in [-0.2, -0.15) is 0 Å². The van der Waals surface area contributed by atoms with Gasteiger partial charge in [0.1, 0.15) is 5.75 Å². The van der Waals surface area contributed by atoms with Gasteiger partial charge in [0, 0.05) is 29.2 Å². The smallest absolute Gasteiger partial charge is 0.259 e. The monoisotopic (exact) mass is 495 g/mol. The first-order valence-electron chi connectivity index (χ1n) is 13.2. The van der Waals surface area contributed by atoms with Gasteiger partial charge in [-0.25, -0.2) is 0 Å². The molecule has 0 spiro atoms. The number of carbonyl (C=O) groups excluding carboxylic acids is 2. The van der Waals surface area contributed by atoms with Crippen LogP contribution in [0.4, 0.5) is 5.69 Å². The Morgan fingerprint density at radius 3 is 2.46 bits per heavy atom. The van der Waals surface area contributed by atoms with E-state index in [-0.39, 0.29) is 17.2 Å². The first-order valence-corrected chi connectivity index (χ1v) is 13.2. The average molecular weight is 496 g/mol. The van der Waals surface area contributed by atoms with Crippen molar-refractivity contribution >= 4 is 39.0 Å². The quantitative estimate of drug-likeness (QED) is 0.226. The molecule has 37 heavy (non-hydrogen) atoms. The summed E-state index contributed by atoms with van der Waals surface area (Å²) in [6.07, 6.45) is 7.33. The number of hydrogen-bond acceptors (Lipinski definition) is 4. The van der Waals surface area contributed by atoms with Gasteiger partial charge in [0.2, 0.25) is 0 Å².